The quantitative estimate of drug-likeness (QED) is 0.837. The summed E-state index contributed by atoms with van der Waals surface area (Å²) in [6, 6.07) is 16.9. The van der Waals surface area contributed by atoms with Crippen LogP contribution in [-0.4, -0.2) is 37.2 Å². The van der Waals surface area contributed by atoms with Gasteiger partial charge >= 0.3 is 6.03 Å². The number of hydrogen-bond donors (Lipinski definition) is 2. The minimum atomic E-state index is -0.0970. The molecule has 0 saturated carbocycles. The zero-order valence-corrected chi connectivity index (χ0v) is 16.3. The molecule has 1 atom stereocenters. The lowest BCUT2D eigenvalue weighted by Gasteiger charge is -2.27. The van der Waals surface area contributed by atoms with E-state index in [1.807, 2.05) is 0 Å². The predicted octanol–water partition coefficient (Wildman–Crippen LogP) is 3.40. The lowest BCUT2D eigenvalue weighted by atomic mass is 9.88. The summed E-state index contributed by atoms with van der Waals surface area (Å²) >= 11 is 0. The van der Waals surface area contributed by atoms with E-state index in [1.54, 1.807) is 0 Å². The molecule has 2 amide bonds. The van der Waals surface area contributed by atoms with E-state index in [-0.39, 0.29) is 12.1 Å². The van der Waals surface area contributed by atoms with Gasteiger partial charge in [0.05, 0.1) is 19.3 Å². The van der Waals surface area contributed by atoms with Gasteiger partial charge in [-0.2, -0.15) is 0 Å². The Morgan fingerprint density at radius 1 is 1.07 bits per heavy atom. The number of urea groups is 1. The van der Waals surface area contributed by atoms with Crippen LogP contribution in [0.25, 0.3) is 0 Å². The summed E-state index contributed by atoms with van der Waals surface area (Å²) < 4.78 is 5.41. The first-order valence-corrected chi connectivity index (χ1v) is 10.3. The third-order valence-electron chi connectivity index (χ3n) is 5.63. The fourth-order valence-electron chi connectivity index (χ4n) is 4.15. The van der Waals surface area contributed by atoms with Crippen molar-refractivity contribution < 1.29 is 9.53 Å². The highest BCUT2D eigenvalue weighted by Crippen LogP contribution is 2.29. The second-order valence-corrected chi connectivity index (χ2v) is 7.68. The average molecular weight is 380 g/mol. The summed E-state index contributed by atoms with van der Waals surface area (Å²) in [5, 5.41) is 6.18. The van der Waals surface area contributed by atoms with Gasteiger partial charge in [-0.3, -0.25) is 4.90 Å². The van der Waals surface area contributed by atoms with Gasteiger partial charge in [-0.05, 0) is 41.5 Å². The van der Waals surface area contributed by atoms with E-state index in [9.17, 15) is 4.79 Å². The Labute approximate surface area is 167 Å². The number of nitrogens with zero attached hydrogens (tertiary/aromatic N) is 1. The molecule has 5 heteroatoms. The van der Waals surface area contributed by atoms with Crippen molar-refractivity contribution in [1.29, 1.82) is 0 Å². The minimum Gasteiger partial charge on any atom is -0.379 e. The second-order valence-electron chi connectivity index (χ2n) is 7.68. The smallest absolute Gasteiger partial charge is 0.315 e. The monoisotopic (exact) mass is 379 g/mol. The van der Waals surface area contributed by atoms with E-state index in [1.165, 1.54) is 16.7 Å². The van der Waals surface area contributed by atoms with Crippen LogP contribution < -0.4 is 10.6 Å². The minimum absolute atomic E-state index is 0.0970. The highest BCUT2D eigenvalue weighted by molar-refractivity contribution is 5.74. The number of nitrogens with one attached hydrogen (secondary N) is 2. The van der Waals surface area contributed by atoms with Crippen molar-refractivity contribution in [2.45, 2.75) is 38.4 Å². The van der Waals surface area contributed by atoms with Crippen molar-refractivity contribution in [3.63, 3.8) is 0 Å². The maximum absolute atomic E-state index is 12.5. The summed E-state index contributed by atoms with van der Waals surface area (Å²) in [4.78, 5) is 14.9. The number of morpholine rings is 1. The number of fused-ring (bicyclic) bond motifs is 1. The Kier molecular flexibility index (Phi) is 6.24. The summed E-state index contributed by atoms with van der Waals surface area (Å²) in [5.74, 6) is 0. The topological polar surface area (TPSA) is 53.6 Å². The number of hydrogen-bond acceptors (Lipinski definition) is 3. The van der Waals surface area contributed by atoms with Gasteiger partial charge in [0.25, 0.3) is 0 Å². The molecule has 2 aromatic rings. The Hall–Kier alpha value is -2.37. The van der Waals surface area contributed by atoms with Crippen LogP contribution in [0.4, 0.5) is 4.79 Å². The number of rotatable bonds is 5. The molecule has 148 valence electrons. The summed E-state index contributed by atoms with van der Waals surface area (Å²) in [6.07, 6.45) is 3.22. The normalized spacial score (nSPS) is 19.6. The predicted molar refractivity (Wildman–Crippen MR) is 110 cm³/mol. The number of carbonyl (C=O) groups is 1. The summed E-state index contributed by atoms with van der Waals surface area (Å²) in [6.45, 7) is 5.05. The Morgan fingerprint density at radius 3 is 2.79 bits per heavy atom. The van der Waals surface area contributed by atoms with Gasteiger partial charge in [-0.1, -0.05) is 48.5 Å². The van der Waals surface area contributed by atoms with Crippen LogP contribution in [0.3, 0.4) is 0 Å². The Morgan fingerprint density at radius 2 is 1.89 bits per heavy atom. The molecule has 1 aliphatic heterocycles. The van der Waals surface area contributed by atoms with Crippen molar-refractivity contribution in [3.8, 4) is 0 Å². The second kappa shape index (κ2) is 9.22. The fraction of sp³-hybridized carbons (Fsp3) is 0.435. The molecular weight excluding hydrogens is 350 g/mol. The Bertz CT molecular complexity index is 802. The average Bonchev–Trinajstić information content (AvgIpc) is 2.74. The molecule has 1 aliphatic carbocycles. The molecule has 2 N–H and O–H groups in total. The zero-order valence-electron chi connectivity index (χ0n) is 16.3. The molecule has 0 aromatic heterocycles. The lowest BCUT2D eigenvalue weighted by molar-refractivity contribution is 0.0342. The molecule has 5 nitrogen and oxygen atoms in total. The maximum atomic E-state index is 12.5. The summed E-state index contributed by atoms with van der Waals surface area (Å²) in [5.41, 5.74) is 5.03. The largest absolute Gasteiger partial charge is 0.379 e. The van der Waals surface area contributed by atoms with Crippen LogP contribution in [-0.2, 0) is 24.2 Å². The van der Waals surface area contributed by atoms with E-state index in [2.05, 4.69) is 64.1 Å². The van der Waals surface area contributed by atoms with Gasteiger partial charge in [0, 0.05) is 26.2 Å². The highest BCUT2D eigenvalue weighted by atomic mass is 16.5. The number of ether oxygens (including phenoxy) is 1. The van der Waals surface area contributed by atoms with Gasteiger partial charge in [0.1, 0.15) is 0 Å². The Balaban J connectivity index is 1.30. The van der Waals surface area contributed by atoms with Crippen molar-refractivity contribution in [2.24, 2.45) is 0 Å². The van der Waals surface area contributed by atoms with E-state index in [0.29, 0.717) is 6.54 Å². The van der Waals surface area contributed by atoms with E-state index < -0.39 is 0 Å². The van der Waals surface area contributed by atoms with E-state index in [0.717, 1.165) is 57.7 Å². The first-order chi connectivity index (χ1) is 13.8. The van der Waals surface area contributed by atoms with Crippen molar-refractivity contribution in [3.05, 3.63) is 70.8 Å². The van der Waals surface area contributed by atoms with Crippen LogP contribution in [0.15, 0.2) is 48.5 Å². The van der Waals surface area contributed by atoms with Gasteiger partial charge in [-0.15, -0.1) is 0 Å². The van der Waals surface area contributed by atoms with Crippen molar-refractivity contribution in [1.82, 2.24) is 15.5 Å². The third-order valence-corrected chi connectivity index (χ3v) is 5.63. The number of aryl methyl sites for hydroxylation is 1. The first-order valence-electron chi connectivity index (χ1n) is 10.3. The number of amides is 2. The van der Waals surface area contributed by atoms with Crippen molar-refractivity contribution >= 4 is 6.03 Å². The standard InChI is InChI=1S/C23H29N3O2/c27-23(25-22-10-4-8-20-7-1-2-9-21(20)22)24-16-18-5-3-6-19(15-18)17-26-11-13-28-14-12-26/h1-3,5-7,9,15,22H,4,8,10-14,16-17H2,(H2,24,25,27). The molecule has 1 heterocycles. The van der Waals surface area contributed by atoms with E-state index >= 15 is 0 Å². The van der Waals surface area contributed by atoms with E-state index in [4.69, 9.17) is 4.74 Å². The molecule has 0 radical (unpaired) electrons. The highest BCUT2D eigenvalue weighted by Gasteiger charge is 2.21. The molecule has 1 fully saturated rings. The van der Waals surface area contributed by atoms with Gasteiger partial charge in [0.15, 0.2) is 0 Å². The first kappa shape index (κ1) is 19.0. The molecule has 2 aliphatic rings. The molecular formula is C23H29N3O2. The molecule has 0 bridgehead atoms. The van der Waals surface area contributed by atoms with Crippen LogP contribution in [0.5, 0.6) is 0 Å². The van der Waals surface area contributed by atoms with Gasteiger partial charge < -0.3 is 15.4 Å². The molecule has 28 heavy (non-hydrogen) atoms. The molecule has 1 unspecified atom stereocenters. The number of benzene rings is 2. The maximum Gasteiger partial charge on any atom is 0.315 e. The molecule has 4 rings (SSSR count). The third kappa shape index (κ3) is 4.91. The zero-order chi connectivity index (χ0) is 19.2. The van der Waals surface area contributed by atoms with Crippen LogP contribution >= 0.6 is 0 Å². The molecule has 2 aromatic carbocycles. The van der Waals surface area contributed by atoms with Gasteiger partial charge in [0.2, 0.25) is 0 Å². The van der Waals surface area contributed by atoms with Crippen LogP contribution in [0.2, 0.25) is 0 Å². The molecule has 1 saturated heterocycles. The molecule has 0 spiro atoms. The van der Waals surface area contributed by atoms with Crippen molar-refractivity contribution in [2.75, 3.05) is 26.3 Å². The number of carbonyl (C=O) groups excluding carboxylic acids is 1. The summed E-state index contributed by atoms with van der Waals surface area (Å²) in [7, 11) is 0. The lowest BCUT2D eigenvalue weighted by Crippen LogP contribution is -2.38. The van der Waals surface area contributed by atoms with Crippen LogP contribution in [0.1, 0.15) is 41.1 Å². The SMILES string of the molecule is O=C(NCc1cccc(CN2CCOCC2)c1)NC1CCCc2ccccc21. The van der Waals surface area contributed by atoms with Crippen LogP contribution in [0, 0.1) is 0 Å². The fourth-order valence-corrected chi connectivity index (χ4v) is 4.15. The van der Waals surface area contributed by atoms with Gasteiger partial charge in [-0.25, -0.2) is 4.79 Å².